The molecule has 0 atom stereocenters. The Morgan fingerprint density at radius 2 is 1.47 bits per heavy atom. The highest BCUT2D eigenvalue weighted by molar-refractivity contribution is 6.12. The molecule has 4 rings (SSSR count). The van der Waals surface area contributed by atoms with Gasteiger partial charge in [-0.2, -0.15) is 0 Å². The van der Waals surface area contributed by atoms with E-state index in [1.54, 1.807) is 49.4 Å². The Morgan fingerprint density at radius 1 is 0.875 bits per heavy atom. The summed E-state index contributed by atoms with van der Waals surface area (Å²) in [6.07, 6.45) is 0. The molecular formula is C24H23N5O3. The zero-order chi connectivity index (χ0) is 22.7. The molecule has 2 aromatic heterocycles. The topological polar surface area (TPSA) is 109 Å². The van der Waals surface area contributed by atoms with E-state index in [2.05, 4.69) is 26.1 Å². The standard InChI is InChI=1S/C24H23N5O3/c1-14(2)20-13-19(21-15(3)29-32-23(21)28-20)22(30)25-17-9-11-18(12-10-17)27-24(31)26-16-7-5-4-6-8-16/h4-14H,1-3H3,(H,25,30)(H2,26,27,31). The number of amides is 3. The van der Waals surface area contributed by atoms with Crippen LogP contribution < -0.4 is 16.0 Å². The first-order valence-electron chi connectivity index (χ1n) is 10.2. The number of urea groups is 1. The summed E-state index contributed by atoms with van der Waals surface area (Å²) in [5.74, 6) is -0.156. The predicted octanol–water partition coefficient (Wildman–Crippen LogP) is 5.55. The molecule has 0 aliphatic heterocycles. The van der Waals surface area contributed by atoms with E-state index in [0.29, 0.717) is 39.4 Å². The van der Waals surface area contributed by atoms with E-state index in [0.717, 1.165) is 5.69 Å². The average Bonchev–Trinajstić information content (AvgIpc) is 3.16. The molecule has 3 N–H and O–H groups in total. The molecule has 32 heavy (non-hydrogen) atoms. The van der Waals surface area contributed by atoms with Crippen molar-refractivity contribution in [3.05, 3.63) is 77.6 Å². The third-order valence-electron chi connectivity index (χ3n) is 4.91. The van der Waals surface area contributed by atoms with E-state index in [-0.39, 0.29) is 17.9 Å². The second-order valence-electron chi connectivity index (χ2n) is 7.67. The molecule has 0 bridgehead atoms. The summed E-state index contributed by atoms with van der Waals surface area (Å²) in [5, 5.41) is 13.0. The molecule has 162 valence electrons. The minimum Gasteiger partial charge on any atom is -0.336 e. The summed E-state index contributed by atoms with van der Waals surface area (Å²) in [7, 11) is 0. The largest absolute Gasteiger partial charge is 0.336 e. The van der Waals surface area contributed by atoms with Crippen LogP contribution in [0.5, 0.6) is 0 Å². The molecule has 0 radical (unpaired) electrons. The van der Waals surface area contributed by atoms with Gasteiger partial charge in [0.25, 0.3) is 11.6 Å². The maximum absolute atomic E-state index is 13.0. The van der Waals surface area contributed by atoms with Crippen LogP contribution in [0.4, 0.5) is 21.9 Å². The van der Waals surface area contributed by atoms with Gasteiger partial charge in [0, 0.05) is 22.8 Å². The Kier molecular flexibility index (Phi) is 5.85. The molecule has 0 fully saturated rings. The molecule has 8 nitrogen and oxygen atoms in total. The van der Waals surface area contributed by atoms with Crippen LogP contribution in [0.3, 0.4) is 0 Å². The summed E-state index contributed by atoms with van der Waals surface area (Å²) >= 11 is 0. The normalized spacial score (nSPS) is 10.9. The van der Waals surface area contributed by atoms with Crippen LogP contribution in [0, 0.1) is 6.92 Å². The molecule has 0 saturated heterocycles. The number of carbonyl (C=O) groups excluding carboxylic acids is 2. The van der Waals surface area contributed by atoms with Crippen LogP contribution in [0.15, 0.2) is 65.2 Å². The lowest BCUT2D eigenvalue weighted by atomic mass is 10.0. The van der Waals surface area contributed by atoms with E-state index in [9.17, 15) is 9.59 Å². The number of hydrogen-bond donors (Lipinski definition) is 3. The van der Waals surface area contributed by atoms with Crippen molar-refractivity contribution in [3.8, 4) is 0 Å². The fraction of sp³-hybridized carbons (Fsp3) is 0.167. The van der Waals surface area contributed by atoms with Crippen molar-refractivity contribution in [2.24, 2.45) is 0 Å². The van der Waals surface area contributed by atoms with Crippen LogP contribution >= 0.6 is 0 Å². The Balaban J connectivity index is 1.47. The van der Waals surface area contributed by atoms with Gasteiger partial charge in [-0.05, 0) is 55.3 Å². The van der Waals surface area contributed by atoms with Crippen molar-refractivity contribution in [3.63, 3.8) is 0 Å². The number of anilines is 3. The first-order chi connectivity index (χ1) is 15.4. The Hall–Kier alpha value is -4.20. The molecule has 4 aromatic rings. The minimum atomic E-state index is -0.351. The number of hydrogen-bond acceptors (Lipinski definition) is 5. The lowest BCUT2D eigenvalue weighted by Gasteiger charge is -2.11. The molecule has 8 heteroatoms. The number of benzene rings is 2. The van der Waals surface area contributed by atoms with Crippen molar-refractivity contribution in [2.75, 3.05) is 16.0 Å². The van der Waals surface area contributed by atoms with Crippen molar-refractivity contribution >= 4 is 40.1 Å². The van der Waals surface area contributed by atoms with Gasteiger partial charge in [0.1, 0.15) is 0 Å². The van der Waals surface area contributed by atoms with Crippen LogP contribution in [0.2, 0.25) is 0 Å². The van der Waals surface area contributed by atoms with Crippen molar-refractivity contribution in [2.45, 2.75) is 26.7 Å². The lowest BCUT2D eigenvalue weighted by Crippen LogP contribution is -2.19. The van der Waals surface area contributed by atoms with E-state index in [4.69, 9.17) is 4.52 Å². The number of rotatable bonds is 5. The molecule has 2 aromatic carbocycles. The van der Waals surface area contributed by atoms with Gasteiger partial charge in [-0.25, -0.2) is 9.78 Å². The van der Waals surface area contributed by atoms with Gasteiger partial charge in [-0.3, -0.25) is 4.79 Å². The number of pyridine rings is 1. The third kappa shape index (κ3) is 4.59. The summed E-state index contributed by atoms with van der Waals surface area (Å²) < 4.78 is 5.29. The van der Waals surface area contributed by atoms with E-state index in [1.807, 2.05) is 32.0 Å². The second kappa shape index (κ2) is 8.89. The smallest absolute Gasteiger partial charge is 0.323 e. The van der Waals surface area contributed by atoms with Crippen LogP contribution in [-0.2, 0) is 0 Å². The number of carbonyl (C=O) groups is 2. The van der Waals surface area contributed by atoms with Gasteiger partial charge >= 0.3 is 6.03 Å². The highest BCUT2D eigenvalue weighted by Crippen LogP contribution is 2.26. The van der Waals surface area contributed by atoms with E-state index in [1.165, 1.54) is 0 Å². The quantitative estimate of drug-likeness (QED) is 0.385. The minimum absolute atomic E-state index is 0.128. The van der Waals surface area contributed by atoms with Crippen molar-refractivity contribution in [1.82, 2.24) is 10.1 Å². The molecule has 0 aliphatic carbocycles. The number of aromatic nitrogens is 2. The van der Waals surface area contributed by atoms with Gasteiger partial charge in [-0.15, -0.1) is 0 Å². The zero-order valence-electron chi connectivity index (χ0n) is 18.0. The number of nitrogens with zero attached hydrogens (tertiary/aromatic N) is 2. The van der Waals surface area contributed by atoms with E-state index < -0.39 is 0 Å². The molecule has 0 aliphatic rings. The second-order valence-corrected chi connectivity index (χ2v) is 7.67. The molecule has 3 amide bonds. The zero-order valence-corrected chi connectivity index (χ0v) is 18.0. The van der Waals surface area contributed by atoms with Crippen LogP contribution in [0.1, 0.15) is 41.5 Å². The van der Waals surface area contributed by atoms with Gasteiger partial charge in [0.2, 0.25) is 0 Å². The average molecular weight is 429 g/mol. The van der Waals surface area contributed by atoms with Gasteiger partial charge in [0.05, 0.1) is 16.6 Å². The summed E-state index contributed by atoms with van der Waals surface area (Å²) in [5.41, 5.74) is 4.06. The summed E-state index contributed by atoms with van der Waals surface area (Å²) in [4.78, 5) is 29.6. The number of aryl methyl sites for hydroxylation is 1. The summed E-state index contributed by atoms with van der Waals surface area (Å²) in [6.45, 7) is 5.78. The SMILES string of the molecule is Cc1noc2nc(C(C)C)cc(C(=O)Nc3ccc(NC(=O)Nc4ccccc4)cc3)c12. The highest BCUT2D eigenvalue weighted by Gasteiger charge is 2.20. The monoisotopic (exact) mass is 429 g/mol. The van der Waals surface area contributed by atoms with Gasteiger partial charge < -0.3 is 20.5 Å². The fourth-order valence-electron chi connectivity index (χ4n) is 3.24. The van der Waals surface area contributed by atoms with Crippen LogP contribution in [0.25, 0.3) is 11.1 Å². The van der Waals surface area contributed by atoms with E-state index >= 15 is 0 Å². The first-order valence-corrected chi connectivity index (χ1v) is 10.2. The Morgan fingerprint density at radius 3 is 2.09 bits per heavy atom. The lowest BCUT2D eigenvalue weighted by molar-refractivity contribution is 0.102. The van der Waals surface area contributed by atoms with Crippen LogP contribution in [-0.4, -0.2) is 22.1 Å². The predicted molar refractivity (Wildman–Crippen MR) is 124 cm³/mol. The fourth-order valence-corrected chi connectivity index (χ4v) is 3.24. The van der Waals surface area contributed by atoms with Gasteiger partial charge in [0.15, 0.2) is 0 Å². The first kappa shape index (κ1) is 21.0. The van der Waals surface area contributed by atoms with Crippen molar-refractivity contribution in [1.29, 1.82) is 0 Å². The molecule has 0 saturated carbocycles. The Labute approximate surface area is 185 Å². The molecular weight excluding hydrogens is 406 g/mol. The summed E-state index contributed by atoms with van der Waals surface area (Å²) in [6, 6.07) is 17.5. The molecule has 2 heterocycles. The Bertz CT molecular complexity index is 1260. The number of nitrogens with one attached hydrogen (secondary N) is 3. The third-order valence-corrected chi connectivity index (χ3v) is 4.91. The number of fused-ring (bicyclic) bond motifs is 1. The molecule has 0 spiro atoms. The van der Waals surface area contributed by atoms with Gasteiger partial charge in [-0.1, -0.05) is 37.2 Å². The maximum Gasteiger partial charge on any atom is 0.323 e. The number of para-hydroxylation sites is 1. The highest BCUT2D eigenvalue weighted by atomic mass is 16.5. The molecule has 0 unspecified atom stereocenters. The maximum atomic E-state index is 13.0. The van der Waals surface area contributed by atoms with Crippen molar-refractivity contribution < 1.29 is 14.1 Å².